The highest BCUT2D eigenvalue weighted by Gasteiger charge is 2.34. The van der Waals surface area contributed by atoms with E-state index in [0.717, 1.165) is 31.8 Å². The van der Waals surface area contributed by atoms with Crippen LogP contribution >= 0.6 is 24.0 Å². The Hall–Kier alpha value is -0.0800. The van der Waals surface area contributed by atoms with Gasteiger partial charge in [0, 0.05) is 51.3 Å². The molecule has 2 N–H and O–H groups in total. The van der Waals surface area contributed by atoms with Gasteiger partial charge in [0.25, 0.3) is 0 Å². The molecule has 1 saturated carbocycles. The van der Waals surface area contributed by atoms with Crippen molar-refractivity contribution in [2.45, 2.75) is 37.8 Å². The van der Waals surface area contributed by atoms with E-state index in [9.17, 15) is 0 Å². The zero-order chi connectivity index (χ0) is 13.1. The number of hydrogen-bond donors (Lipinski definition) is 2. The van der Waals surface area contributed by atoms with Crippen LogP contribution in [-0.2, 0) is 4.74 Å². The van der Waals surface area contributed by atoms with E-state index in [-0.39, 0.29) is 24.0 Å². The summed E-state index contributed by atoms with van der Waals surface area (Å²) in [5.74, 6) is 1.60. The molecular weight excluding hydrogens is 367 g/mol. The first-order chi connectivity index (χ1) is 9.35. The van der Waals surface area contributed by atoms with Crippen LogP contribution in [0.4, 0.5) is 0 Å². The number of nitrogens with one attached hydrogen (secondary N) is 2. The van der Waals surface area contributed by atoms with Crippen LogP contribution < -0.4 is 10.6 Å². The van der Waals surface area contributed by atoms with Gasteiger partial charge in [0.05, 0.1) is 6.61 Å². The zero-order valence-electron chi connectivity index (χ0n) is 12.3. The number of hydrogen-bond acceptors (Lipinski definition) is 3. The number of rotatable bonds is 4. The van der Waals surface area contributed by atoms with Gasteiger partial charge in [-0.2, -0.15) is 0 Å². The highest BCUT2D eigenvalue weighted by molar-refractivity contribution is 14.0. The van der Waals surface area contributed by atoms with Crippen LogP contribution in [0.25, 0.3) is 0 Å². The fourth-order valence-corrected chi connectivity index (χ4v) is 3.05. The minimum atomic E-state index is 0. The van der Waals surface area contributed by atoms with Gasteiger partial charge in [-0.3, -0.25) is 9.89 Å². The molecule has 5 nitrogen and oxygen atoms in total. The van der Waals surface area contributed by atoms with Gasteiger partial charge in [-0.15, -0.1) is 24.0 Å². The Bertz CT molecular complexity index is 329. The summed E-state index contributed by atoms with van der Waals surface area (Å²) in [4.78, 5) is 6.95. The maximum Gasteiger partial charge on any atom is 0.191 e. The number of aliphatic imine (C=N–C) groups is 1. The Balaban J connectivity index is 0.00000147. The minimum Gasteiger partial charge on any atom is -0.381 e. The molecule has 0 bridgehead atoms. The van der Waals surface area contributed by atoms with E-state index in [1.54, 1.807) is 0 Å². The van der Waals surface area contributed by atoms with Crippen molar-refractivity contribution in [1.29, 1.82) is 0 Å². The molecule has 0 aromatic carbocycles. The SMILES string of the molecule is CN=C(NCC1CCOC1)NC1CCN(C2CC2)C1.I. The summed E-state index contributed by atoms with van der Waals surface area (Å²) in [6.07, 6.45) is 5.22. The Morgan fingerprint density at radius 2 is 2.15 bits per heavy atom. The van der Waals surface area contributed by atoms with Gasteiger partial charge < -0.3 is 15.4 Å². The molecule has 20 heavy (non-hydrogen) atoms. The molecular formula is C14H27IN4O. The molecule has 2 unspecified atom stereocenters. The lowest BCUT2D eigenvalue weighted by molar-refractivity contribution is 0.186. The molecule has 1 aliphatic carbocycles. The molecule has 0 spiro atoms. The first kappa shape index (κ1) is 16.3. The minimum absolute atomic E-state index is 0. The van der Waals surface area contributed by atoms with Crippen LogP contribution in [0.3, 0.4) is 0 Å². The van der Waals surface area contributed by atoms with Crippen LogP contribution in [0, 0.1) is 5.92 Å². The molecule has 2 saturated heterocycles. The fourth-order valence-electron chi connectivity index (χ4n) is 3.05. The summed E-state index contributed by atoms with van der Waals surface area (Å²) < 4.78 is 5.40. The van der Waals surface area contributed by atoms with Crippen molar-refractivity contribution in [2.24, 2.45) is 10.9 Å². The van der Waals surface area contributed by atoms with Crippen LogP contribution in [0.1, 0.15) is 25.7 Å². The summed E-state index contributed by atoms with van der Waals surface area (Å²) in [5.41, 5.74) is 0. The second-order valence-electron chi connectivity index (χ2n) is 6.04. The lowest BCUT2D eigenvalue weighted by Crippen LogP contribution is -2.46. The summed E-state index contributed by atoms with van der Waals surface area (Å²) in [5, 5.41) is 7.00. The van der Waals surface area contributed by atoms with Crippen LogP contribution in [-0.4, -0.2) is 62.8 Å². The van der Waals surface area contributed by atoms with Gasteiger partial charge in [-0.05, 0) is 25.7 Å². The zero-order valence-corrected chi connectivity index (χ0v) is 14.6. The third-order valence-corrected chi connectivity index (χ3v) is 4.43. The molecule has 2 heterocycles. The summed E-state index contributed by atoms with van der Waals surface area (Å²) in [6.45, 7) is 5.20. The van der Waals surface area contributed by atoms with Crippen molar-refractivity contribution >= 4 is 29.9 Å². The van der Waals surface area contributed by atoms with Crippen molar-refractivity contribution in [2.75, 3.05) is 39.9 Å². The lowest BCUT2D eigenvalue weighted by atomic mass is 10.1. The topological polar surface area (TPSA) is 48.9 Å². The van der Waals surface area contributed by atoms with Gasteiger partial charge in [-0.25, -0.2) is 0 Å². The molecule has 0 radical (unpaired) electrons. The summed E-state index contributed by atoms with van der Waals surface area (Å²) in [7, 11) is 1.86. The largest absolute Gasteiger partial charge is 0.381 e. The number of guanidine groups is 1. The van der Waals surface area contributed by atoms with Gasteiger partial charge >= 0.3 is 0 Å². The molecule has 3 aliphatic rings. The maximum absolute atomic E-state index is 5.40. The van der Waals surface area contributed by atoms with Gasteiger partial charge in [0.2, 0.25) is 0 Å². The van der Waals surface area contributed by atoms with Gasteiger partial charge in [-0.1, -0.05) is 0 Å². The van der Waals surface area contributed by atoms with E-state index >= 15 is 0 Å². The van der Waals surface area contributed by atoms with E-state index in [4.69, 9.17) is 4.74 Å². The first-order valence-corrected chi connectivity index (χ1v) is 7.64. The molecule has 3 fully saturated rings. The third kappa shape index (κ3) is 4.46. The van der Waals surface area contributed by atoms with Crippen LogP contribution in [0.5, 0.6) is 0 Å². The van der Waals surface area contributed by atoms with Crippen molar-refractivity contribution in [3.8, 4) is 0 Å². The van der Waals surface area contributed by atoms with Crippen LogP contribution in [0.2, 0.25) is 0 Å². The smallest absolute Gasteiger partial charge is 0.191 e. The second kappa shape index (κ2) is 7.79. The highest BCUT2D eigenvalue weighted by Crippen LogP contribution is 2.29. The molecule has 0 amide bonds. The standard InChI is InChI=1S/C14H26N4O.HI/c1-15-14(16-8-11-5-7-19-10-11)17-12-4-6-18(9-12)13-2-3-13;/h11-13H,2-10H2,1H3,(H2,15,16,17);1H. The first-order valence-electron chi connectivity index (χ1n) is 7.64. The monoisotopic (exact) mass is 394 g/mol. The number of nitrogens with zero attached hydrogens (tertiary/aromatic N) is 2. The predicted molar refractivity (Wildman–Crippen MR) is 91.8 cm³/mol. The van der Waals surface area contributed by atoms with Crippen LogP contribution in [0.15, 0.2) is 4.99 Å². The van der Waals surface area contributed by atoms with Gasteiger partial charge in [0.1, 0.15) is 0 Å². The van der Waals surface area contributed by atoms with Gasteiger partial charge in [0.15, 0.2) is 5.96 Å². The molecule has 2 atom stereocenters. The Labute approximate surface area is 138 Å². The molecule has 0 aromatic heterocycles. The maximum atomic E-state index is 5.40. The molecule has 2 aliphatic heterocycles. The average molecular weight is 394 g/mol. The van der Waals surface area contributed by atoms with Crippen molar-refractivity contribution in [3.05, 3.63) is 0 Å². The van der Waals surface area contributed by atoms with Crippen molar-refractivity contribution in [3.63, 3.8) is 0 Å². The third-order valence-electron chi connectivity index (χ3n) is 4.43. The van der Waals surface area contributed by atoms with Crippen molar-refractivity contribution in [1.82, 2.24) is 15.5 Å². The Morgan fingerprint density at radius 3 is 2.80 bits per heavy atom. The fraction of sp³-hybridized carbons (Fsp3) is 0.929. The van der Waals surface area contributed by atoms with E-state index in [1.807, 2.05) is 7.05 Å². The normalized spacial score (nSPS) is 31.1. The quantitative estimate of drug-likeness (QED) is 0.425. The van der Waals surface area contributed by atoms with E-state index in [2.05, 4.69) is 20.5 Å². The second-order valence-corrected chi connectivity index (χ2v) is 6.04. The Morgan fingerprint density at radius 1 is 1.30 bits per heavy atom. The molecule has 3 rings (SSSR count). The van der Waals surface area contributed by atoms with E-state index in [0.29, 0.717) is 12.0 Å². The molecule has 6 heteroatoms. The van der Waals surface area contributed by atoms with E-state index in [1.165, 1.54) is 38.8 Å². The number of ether oxygens (including phenoxy) is 1. The summed E-state index contributed by atoms with van der Waals surface area (Å²) in [6, 6.07) is 1.45. The molecule has 0 aromatic rings. The number of halogens is 1. The lowest BCUT2D eigenvalue weighted by Gasteiger charge is -2.19. The van der Waals surface area contributed by atoms with Crippen molar-refractivity contribution < 1.29 is 4.74 Å². The van der Waals surface area contributed by atoms with E-state index < -0.39 is 0 Å². The average Bonchev–Trinajstić information content (AvgIpc) is 2.96. The number of likely N-dealkylation sites (tertiary alicyclic amines) is 1. The Kier molecular flexibility index (Phi) is 6.35. The highest BCUT2D eigenvalue weighted by atomic mass is 127. The molecule has 116 valence electrons. The predicted octanol–water partition coefficient (Wildman–Crippen LogP) is 1.04. The summed E-state index contributed by atoms with van der Waals surface area (Å²) >= 11 is 0.